The van der Waals surface area contributed by atoms with E-state index in [0.29, 0.717) is 10.9 Å². The summed E-state index contributed by atoms with van der Waals surface area (Å²) in [5, 5.41) is 6.50. The number of hydrogen-bond donors (Lipinski definition) is 3. The van der Waals surface area contributed by atoms with Crippen LogP contribution in [-0.4, -0.2) is 24.9 Å². The van der Waals surface area contributed by atoms with E-state index in [1.54, 1.807) is 18.2 Å². The molecule has 0 aromatic heterocycles. The lowest BCUT2D eigenvalue weighted by atomic mass is 10.0. The minimum absolute atomic E-state index is 0. The van der Waals surface area contributed by atoms with Gasteiger partial charge in [-0.05, 0) is 43.0 Å². The SMILES string of the molecule is Cl.NC(=O)C[C@@H](NC(=O)CNCC1CC1)c1cccc(Cl)c1. The Morgan fingerprint density at radius 1 is 1.36 bits per heavy atom. The number of carbonyl (C=O) groups is 2. The highest BCUT2D eigenvalue weighted by Gasteiger charge is 2.21. The van der Waals surface area contributed by atoms with Crippen LogP contribution >= 0.6 is 24.0 Å². The van der Waals surface area contributed by atoms with Gasteiger partial charge in [0, 0.05) is 5.02 Å². The molecule has 2 rings (SSSR count). The molecule has 1 saturated carbocycles. The summed E-state index contributed by atoms with van der Waals surface area (Å²) in [5.41, 5.74) is 6.03. The van der Waals surface area contributed by atoms with E-state index >= 15 is 0 Å². The van der Waals surface area contributed by atoms with Crippen LogP contribution in [0.15, 0.2) is 24.3 Å². The van der Waals surface area contributed by atoms with E-state index < -0.39 is 11.9 Å². The highest BCUT2D eigenvalue weighted by molar-refractivity contribution is 6.30. The van der Waals surface area contributed by atoms with Crippen LogP contribution in [0.1, 0.15) is 30.9 Å². The zero-order chi connectivity index (χ0) is 15.2. The van der Waals surface area contributed by atoms with Gasteiger partial charge in [0.1, 0.15) is 0 Å². The van der Waals surface area contributed by atoms with Crippen molar-refractivity contribution >= 4 is 35.8 Å². The predicted molar refractivity (Wildman–Crippen MR) is 89.0 cm³/mol. The molecule has 0 spiro atoms. The molecular weight excluding hydrogens is 325 g/mol. The fourth-order valence-corrected chi connectivity index (χ4v) is 2.33. The molecule has 1 aliphatic rings. The molecule has 0 unspecified atom stereocenters. The largest absolute Gasteiger partial charge is 0.370 e. The molecule has 7 heteroatoms. The van der Waals surface area contributed by atoms with Crippen LogP contribution in [0.5, 0.6) is 0 Å². The van der Waals surface area contributed by atoms with Crippen molar-refractivity contribution in [3.05, 3.63) is 34.9 Å². The number of carbonyl (C=O) groups excluding carboxylic acids is 2. The molecule has 1 fully saturated rings. The van der Waals surface area contributed by atoms with E-state index in [9.17, 15) is 9.59 Å². The summed E-state index contributed by atoms with van der Waals surface area (Å²) in [6, 6.07) is 6.62. The zero-order valence-corrected chi connectivity index (χ0v) is 13.8. The number of rotatable bonds is 8. The van der Waals surface area contributed by atoms with E-state index in [4.69, 9.17) is 17.3 Å². The number of hydrogen-bond acceptors (Lipinski definition) is 3. The van der Waals surface area contributed by atoms with E-state index in [-0.39, 0.29) is 31.3 Å². The van der Waals surface area contributed by atoms with Gasteiger partial charge < -0.3 is 16.4 Å². The maximum atomic E-state index is 11.9. The average Bonchev–Trinajstić information content (AvgIpc) is 3.21. The third-order valence-corrected chi connectivity index (χ3v) is 3.64. The molecule has 0 heterocycles. The normalized spacial score (nSPS) is 14.8. The Hall–Kier alpha value is -1.30. The number of primary amides is 1. The van der Waals surface area contributed by atoms with Crippen molar-refractivity contribution in [1.29, 1.82) is 0 Å². The molecule has 122 valence electrons. The van der Waals surface area contributed by atoms with Gasteiger partial charge in [0.15, 0.2) is 0 Å². The zero-order valence-electron chi connectivity index (χ0n) is 12.2. The van der Waals surface area contributed by atoms with Gasteiger partial charge in [-0.15, -0.1) is 12.4 Å². The molecule has 1 aromatic rings. The number of benzene rings is 1. The fourth-order valence-electron chi connectivity index (χ4n) is 2.13. The summed E-state index contributed by atoms with van der Waals surface area (Å²) in [4.78, 5) is 23.1. The number of nitrogens with two attached hydrogens (primary N) is 1. The third-order valence-electron chi connectivity index (χ3n) is 3.41. The van der Waals surface area contributed by atoms with Gasteiger partial charge in [-0.2, -0.15) is 0 Å². The second kappa shape index (κ2) is 8.98. The standard InChI is InChI=1S/C15H20ClN3O2.ClH/c16-12-3-1-2-11(6-12)13(7-14(17)20)19-15(21)9-18-8-10-4-5-10;/h1-3,6,10,13,18H,4-5,7-9H2,(H2,17,20)(H,19,21);1H/t13-;/m1./s1. The van der Waals surface area contributed by atoms with Crippen molar-refractivity contribution in [1.82, 2.24) is 10.6 Å². The first-order valence-electron chi connectivity index (χ1n) is 7.08. The molecule has 22 heavy (non-hydrogen) atoms. The Balaban J connectivity index is 0.00000242. The van der Waals surface area contributed by atoms with Gasteiger partial charge in [-0.3, -0.25) is 9.59 Å². The summed E-state index contributed by atoms with van der Waals surface area (Å²) >= 11 is 5.95. The van der Waals surface area contributed by atoms with Gasteiger partial charge >= 0.3 is 0 Å². The molecular formula is C15H21Cl2N3O2. The summed E-state index contributed by atoms with van der Waals surface area (Å²) in [5.74, 6) is 0.0974. The van der Waals surface area contributed by atoms with E-state index in [2.05, 4.69) is 10.6 Å². The number of nitrogens with one attached hydrogen (secondary N) is 2. The van der Waals surface area contributed by atoms with Crippen molar-refractivity contribution in [3.8, 4) is 0 Å². The number of amides is 2. The lowest BCUT2D eigenvalue weighted by molar-refractivity contribution is -0.122. The Kier molecular flexibility index (Phi) is 7.65. The molecule has 1 aromatic carbocycles. The van der Waals surface area contributed by atoms with E-state index in [0.717, 1.165) is 12.1 Å². The maximum Gasteiger partial charge on any atom is 0.234 e. The van der Waals surface area contributed by atoms with Crippen LogP contribution in [0, 0.1) is 5.92 Å². The molecule has 1 atom stereocenters. The lowest BCUT2D eigenvalue weighted by Crippen LogP contribution is -2.38. The predicted octanol–water partition coefficient (Wildman–Crippen LogP) is 1.79. The second-order valence-electron chi connectivity index (χ2n) is 5.42. The molecule has 0 saturated heterocycles. The smallest absolute Gasteiger partial charge is 0.234 e. The highest BCUT2D eigenvalue weighted by atomic mass is 35.5. The topological polar surface area (TPSA) is 84.2 Å². The molecule has 5 nitrogen and oxygen atoms in total. The quantitative estimate of drug-likeness (QED) is 0.671. The Morgan fingerprint density at radius 3 is 2.68 bits per heavy atom. The van der Waals surface area contributed by atoms with Gasteiger partial charge in [-0.1, -0.05) is 23.7 Å². The number of halogens is 2. The molecule has 2 amide bonds. The fraction of sp³-hybridized carbons (Fsp3) is 0.467. The molecule has 0 aliphatic heterocycles. The summed E-state index contributed by atoms with van der Waals surface area (Å²) in [6.45, 7) is 1.11. The monoisotopic (exact) mass is 345 g/mol. The van der Waals surface area contributed by atoms with Crippen molar-refractivity contribution in [3.63, 3.8) is 0 Å². The molecule has 0 radical (unpaired) electrons. The van der Waals surface area contributed by atoms with Gasteiger partial charge in [0.2, 0.25) is 11.8 Å². The average molecular weight is 346 g/mol. The summed E-state index contributed by atoms with van der Waals surface area (Å²) in [7, 11) is 0. The summed E-state index contributed by atoms with van der Waals surface area (Å²) < 4.78 is 0. The third kappa shape index (κ3) is 6.64. The lowest BCUT2D eigenvalue weighted by Gasteiger charge is -2.18. The molecule has 1 aliphatic carbocycles. The maximum absolute atomic E-state index is 11.9. The minimum Gasteiger partial charge on any atom is -0.370 e. The van der Waals surface area contributed by atoms with E-state index in [1.165, 1.54) is 12.8 Å². The van der Waals surface area contributed by atoms with Crippen LogP contribution in [0.3, 0.4) is 0 Å². The van der Waals surface area contributed by atoms with Crippen molar-refractivity contribution in [2.45, 2.75) is 25.3 Å². The Morgan fingerprint density at radius 2 is 2.09 bits per heavy atom. The van der Waals surface area contributed by atoms with Crippen molar-refractivity contribution in [2.24, 2.45) is 11.7 Å². The summed E-state index contributed by atoms with van der Waals surface area (Å²) in [6.07, 6.45) is 2.53. The Bertz CT molecular complexity index is 521. The second-order valence-corrected chi connectivity index (χ2v) is 5.86. The molecule has 0 bridgehead atoms. The van der Waals surface area contributed by atoms with Crippen LogP contribution in [-0.2, 0) is 9.59 Å². The van der Waals surface area contributed by atoms with Gasteiger partial charge in [0.05, 0.1) is 19.0 Å². The first-order chi connectivity index (χ1) is 10.0. The molecule has 4 N–H and O–H groups in total. The van der Waals surface area contributed by atoms with E-state index in [1.807, 2.05) is 6.07 Å². The highest BCUT2D eigenvalue weighted by Crippen LogP contribution is 2.27. The van der Waals surface area contributed by atoms with Crippen molar-refractivity contribution < 1.29 is 9.59 Å². The van der Waals surface area contributed by atoms with Crippen LogP contribution in [0.25, 0.3) is 0 Å². The first-order valence-corrected chi connectivity index (χ1v) is 7.46. The van der Waals surface area contributed by atoms with Crippen LogP contribution < -0.4 is 16.4 Å². The van der Waals surface area contributed by atoms with Gasteiger partial charge in [0.25, 0.3) is 0 Å². The Labute approximate surface area is 141 Å². The van der Waals surface area contributed by atoms with Crippen molar-refractivity contribution in [2.75, 3.05) is 13.1 Å². The minimum atomic E-state index is -0.466. The van der Waals surface area contributed by atoms with Crippen LogP contribution in [0.2, 0.25) is 5.02 Å². The first kappa shape index (κ1) is 18.7. The van der Waals surface area contributed by atoms with Crippen LogP contribution in [0.4, 0.5) is 0 Å². The van der Waals surface area contributed by atoms with Gasteiger partial charge in [-0.25, -0.2) is 0 Å².